The summed E-state index contributed by atoms with van der Waals surface area (Å²) in [4.78, 5) is 9.05. The van der Waals surface area contributed by atoms with Gasteiger partial charge in [0.25, 0.3) is 0 Å². The number of aromatic nitrogens is 4. The second-order valence-corrected chi connectivity index (χ2v) is 12.3. The van der Waals surface area contributed by atoms with Crippen LogP contribution in [-0.2, 0) is 46.0 Å². The van der Waals surface area contributed by atoms with Crippen LogP contribution in [0.25, 0.3) is 45.0 Å². The van der Waals surface area contributed by atoms with Gasteiger partial charge in [-0.1, -0.05) is 87.4 Å². The molecule has 43 heavy (non-hydrogen) atoms. The molecule has 6 aromatic rings. The number of nitrogens with zero attached hydrogens (tertiary/aromatic N) is 4. The molecule has 0 spiro atoms. The number of imidazole rings is 2. The van der Waals surface area contributed by atoms with Gasteiger partial charge in [0.2, 0.25) is 0 Å². The van der Waals surface area contributed by atoms with Crippen LogP contribution in [0.3, 0.4) is 0 Å². The Morgan fingerprint density at radius 2 is 0.953 bits per heavy atom. The van der Waals surface area contributed by atoms with Crippen LogP contribution in [0.1, 0.15) is 49.9 Å². The molecule has 2 aliphatic carbocycles. The molecule has 2 heterocycles. The summed E-state index contributed by atoms with van der Waals surface area (Å²) in [7, 11) is 4.06. The minimum Gasteiger partial charge on any atom is -0.373 e. The third-order valence-electron chi connectivity index (χ3n) is 9.11. The van der Waals surface area contributed by atoms with Gasteiger partial charge >= 0.3 is 21.1 Å². The normalized spacial score (nSPS) is 14.5. The van der Waals surface area contributed by atoms with Gasteiger partial charge < -0.3 is 9.13 Å². The van der Waals surface area contributed by atoms with E-state index >= 15 is 0 Å². The first-order valence-corrected chi connectivity index (χ1v) is 14.5. The van der Waals surface area contributed by atoms with Crippen molar-refractivity contribution in [3.63, 3.8) is 0 Å². The van der Waals surface area contributed by atoms with Gasteiger partial charge in [-0.25, -0.2) is 0 Å². The minimum absolute atomic E-state index is 0. The molecule has 0 N–H and O–H groups in total. The molecule has 4 nitrogen and oxygen atoms in total. The molecule has 8 rings (SSSR count). The molecule has 0 amide bonds. The predicted molar refractivity (Wildman–Crippen MR) is 170 cm³/mol. The van der Waals surface area contributed by atoms with Crippen molar-refractivity contribution in [2.24, 2.45) is 14.1 Å². The third kappa shape index (κ3) is 4.38. The molecule has 2 aliphatic rings. The summed E-state index contributed by atoms with van der Waals surface area (Å²) in [5.41, 5.74) is 12.9. The van der Waals surface area contributed by atoms with Crippen molar-refractivity contribution in [3.8, 4) is 45.0 Å². The Bertz CT molecular complexity index is 1830. The minimum atomic E-state index is -0.0228. The Labute approximate surface area is 268 Å². The van der Waals surface area contributed by atoms with Crippen LogP contribution in [0.5, 0.6) is 0 Å². The number of fused-ring (bicyclic) bond motifs is 6. The monoisotopic (exact) mass is 741 g/mol. The number of rotatable bonds is 2. The van der Waals surface area contributed by atoms with E-state index in [0.29, 0.717) is 0 Å². The van der Waals surface area contributed by atoms with Gasteiger partial charge in [-0.2, -0.15) is 0 Å². The van der Waals surface area contributed by atoms with E-state index in [1.165, 1.54) is 44.5 Å². The summed E-state index contributed by atoms with van der Waals surface area (Å²) in [6.45, 7) is 9.16. The molecule has 2 aromatic heterocycles. The molecule has 0 saturated carbocycles. The van der Waals surface area contributed by atoms with Crippen molar-refractivity contribution < 1.29 is 21.1 Å². The van der Waals surface area contributed by atoms with Crippen LogP contribution in [-0.4, -0.2) is 19.1 Å². The smallest absolute Gasteiger partial charge is 0.373 e. The van der Waals surface area contributed by atoms with E-state index in [1.807, 2.05) is 51.0 Å². The SMILES string of the molecule is Cn1ccnc1-c1[c-]ccc2c1C(C)(C)c1ccccc1-2.Cn1ccnc1-c1[c-]ccc2c1C(C)(C)c1ccccc1-2.[Pt+2]. The van der Waals surface area contributed by atoms with Crippen LogP contribution in [0.2, 0.25) is 0 Å². The molecule has 5 heteroatoms. The fraction of sp³-hybridized carbons (Fsp3) is 0.211. The standard InChI is InChI=1S/2C19H17N2.Pt/c2*1-19(2)16-10-5-4-7-13(16)14-8-6-9-15(17(14)19)18-20-11-12-21(18)3;/h2*4-8,10-12H,1-3H3;/q2*-1;+2. The molecule has 216 valence electrons. The van der Waals surface area contributed by atoms with E-state index in [4.69, 9.17) is 0 Å². The van der Waals surface area contributed by atoms with Crippen LogP contribution in [0.4, 0.5) is 0 Å². The number of aryl methyl sites for hydroxylation is 2. The fourth-order valence-electron chi connectivity index (χ4n) is 7.11. The van der Waals surface area contributed by atoms with Crippen LogP contribution in [0, 0.1) is 12.1 Å². The Kier molecular flexibility index (Phi) is 7.17. The van der Waals surface area contributed by atoms with Gasteiger partial charge in [0.15, 0.2) is 0 Å². The van der Waals surface area contributed by atoms with Gasteiger partial charge in [-0.3, -0.25) is 9.97 Å². The summed E-state index contributed by atoms with van der Waals surface area (Å²) < 4.78 is 4.12. The Morgan fingerprint density at radius 1 is 0.558 bits per heavy atom. The van der Waals surface area contributed by atoms with Gasteiger partial charge in [-0.15, -0.1) is 58.7 Å². The molecule has 0 bridgehead atoms. The summed E-state index contributed by atoms with van der Waals surface area (Å²) in [6.07, 6.45) is 7.66. The van der Waals surface area contributed by atoms with Crippen molar-refractivity contribution in [1.29, 1.82) is 0 Å². The van der Waals surface area contributed by atoms with Crippen molar-refractivity contribution in [3.05, 3.63) is 132 Å². The summed E-state index contributed by atoms with van der Waals surface area (Å²) in [5, 5.41) is 0. The van der Waals surface area contributed by atoms with E-state index in [0.717, 1.165) is 22.8 Å². The molecule has 0 radical (unpaired) electrons. The molecule has 0 aliphatic heterocycles. The van der Waals surface area contributed by atoms with Crippen molar-refractivity contribution >= 4 is 0 Å². The number of hydrogen-bond acceptors (Lipinski definition) is 2. The van der Waals surface area contributed by atoms with E-state index in [2.05, 4.69) is 120 Å². The van der Waals surface area contributed by atoms with Crippen molar-refractivity contribution in [2.45, 2.75) is 38.5 Å². The summed E-state index contributed by atoms with van der Waals surface area (Å²) in [5.74, 6) is 1.96. The van der Waals surface area contributed by atoms with Crippen molar-refractivity contribution in [1.82, 2.24) is 19.1 Å². The average Bonchev–Trinajstić information content (AvgIpc) is 3.73. The second kappa shape index (κ2) is 10.6. The zero-order chi connectivity index (χ0) is 29.2. The maximum Gasteiger partial charge on any atom is 2.00 e. The maximum absolute atomic E-state index is 4.52. The second-order valence-electron chi connectivity index (χ2n) is 12.3. The van der Waals surface area contributed by atoms with E-state index < -0.39 is 0 Å². The number of hydrogen-bond donors (Lipinski definition) is 0. The first-order valence-electron chi connectivity index (χ1n) is 14.5. The maximum atomic E-state index is 4.52. The summed E-state index contributed by atoms with van der Waals surface area (Å²) >= 11 is 0. The summed E-state index contributed by atoms with van der Waals surface area (Å²) in [6, 6.07) is 32.6. The average molecular weight is 742 g/mol. The molecular weight excluding hydrogens is 708 g/mol. The quantitative estimate of drug-likeness (QED) is 0.167. The van der Waals surface area contributed by atoms with E-state index in [1.54, 1.807) is 0 Å². The Morgan fingerprint density at radius 3 is 1.33 bits per heavy atom. The Balaban J connectivity index is 0.000000150. The molecule has 0 fully saturated rings. The third-order valence-corrected chi connectivity index (χ3v) is 9.11. The van der Waals surface area contributed by atoms with Gasteiger partial charge in [0, 0.05) is 38.9 Å². The Hall–Kier alpha value is -4.01. The first kappa shape index (κ1) is 29.1. The van der Waals surface area contributed by atoms with E-state index in [-0.39, 0.29) is 31.9 Å². The van der Waals surface area contributed by atoms with Crippen molar-refractivity contribution in [2.75, 3.05) is 0 Å². The molecule has 0 unspecified atom stereocenters. The van der Waals surface area contributed by atoms with Crippen LogP contribution >= 0.6 is 0 Å². The van der Waals surface area contributed by atoms with Gasteiger partial charge in [0.05, 0.1) is 11.6 Å². The van der Waals surface area contributed by atoms with Gasteiger partial charge in [-0.05, 0) is 33.1 Å². The fourth-order valence-corrected chi connectivity index (χ4v) is 7.11. The zero-order valence-corrected chi connectivity index (χ0v) is 27.6. The first-order chi connectivity index (χ1) is 20.2. The topological polar surface area (TPSA) is 35.6 Å². The zero-order valence-electron chi connectivity index (χ0n) is 25.3. The van der Waals surface area contributed by atoms with Gasteiger partial charge in [0.1, 0.15) is 0 Å². The molecular formula is C38H34N4Pt. The predicted octanol–water partition coefficient (Wildman–Crippen LogP) is 8.38. The number of benzene rings is 4. The molecule has 0 saturated heterocycles. The van der Waals surface area contributed by atoms with Crippen LogP contribution < -0.4 is 0 Å². The molecule has 4 aromatic carbocycles. The molecule has 0 atom stereocenters. The largest absolute Gasteiger partial charge is 2.00 e. The van der Waals surface area contributed by atoms with E-state index in [9.17, 15) is 0 Å². The van der Waals surface area contributed by atoms with Crippen LogP contribution in [0.15, 0.2) is 97.6 Å².